The highest BCUT2D eigenvalue weighted by Crippen LogP contribution is 2.62. The monoisotopic (exact) mass is 940 g/mol. The average Bonchev–Trinajstić information content (AvgIpc) is 3.50. The number of rotatable bonds is 10. The summed E-state index contributed by atoms with van der Waals surface area (Å²) in [7, 11) is 1.69. The van der Waals surface area contributed by atoms with E-state index in [0.717, 1.165) is 105 Å². The predicted molar refractivity (Wildman–Crippen MR) is 279 cm³/mol. The SMILES string of the molecule is COc1ccc(-c2cc(-c3ccc(OC)cc3)cc(-c3cc4ccccc4c4c3OP(=O)(O)OC3(C)C4=c4ccccc4=CC3c3cc(-c4ccc(OC)cc4)cc(-c4ccc(OC)cc4)c3)c2)cc1. The molecule has 70 heavy (non-hydrogen) atoms. The van der Waals surface area contributed by atoms with Crippen LogP contribution in [0.4, 0.5) is 0 Å². The van der Waals surface area contributed by atoms with Crippen molar-refractivity contribution in [2.24, 2.45) is 0 Å². The molecule has 9 heteroatoms. The molecule has 0 saturated heterocycles. The van der Waals surface area contributed by atoms with Gasteiger partial charge in [-0.15, -0.1) is 0 Å². The van der Waals surface area contributed by atoms with Crippen LogP contribution in [0.25, 0.3) is 78.1 Å². The molecular formula is C61H49O8P. The molecule has 0 fully saturated rings. The average molecular weight is 941 g/mol. The Balaban J connectivity index is 1.18. The molecule has 0 amide bonds. The van der Waals surface area contributed by atoms with E-state index in [0.29, 0.717) is 11.1 Å². The standard InChI is InChI=1S/C61H49O8P/c1-61-57(49-34-46(40-18-26-52(66-4)27-19-40)31-47(35-49)41-20-28-53(67-5)29-21-41)37-43-11-7-9-13-55(43)59(61)58-54-12-8-6-10-42(54)36-56(60(58)68-70(62,63)69-61)48-32-44(38-14-22-50(64-2)23-15-38)30-45(33-48)39-16-24-51(65-3)25-17-39/h6-37,57H,1-5H3,(H,62,63). The third-order valence-electron chi connectivity index (χ3n) is 13.7. The van der Waals surface area contributed by atoms with Crippen molar-refractivity contribution >= 4 is 30.2 Å². The summed E-state index contributed by atoms with van der Waals surface area (Å²) in [4.78, 5) is 12.3. The third-order valence-corrected chi connectivity index (χ3v) is 14.7. The number of hydrogen-bond donors (Lipinski definition) is 1. The van der Waals surface area contributed by atoms with E-state index in [1.54, 1.807) is 28.4 Å². The highest BCUT2D eigenvalue weighted by Gasteiger charge is 2.51. The third kappa shape index (κ3) is 8.10. The van der Waals surface area contributed by atoms with E-state index in [9.17, 15) is 4.89 Å². The number of methoxy groups -OCH3 is 4. The van der Waals surface area contributed by atoms with Gasteiger partial charge in [0, 0.05) is 22.6 Å². The second-order valence-corrected chi connectivity index (χ2v) is 19.1. The van der Waals surface area contributed by atoms with Crippen molar-refractivity contribution in [2.75, 3.05) is 28.4 Å². The highest BCUT2D eigenvalue weighted by molar-refractivity contribution is 7.48. The first-order valence-electron chi connectivity index (χ1n) is 23.0. The van der Waals surface area contributed by atoms with Gasteiger partial charge in [0.1, 0.15) is 34.3 Å². The van der Waals surface area contributed by atoms with Gasteiger partial charge in [0.15, 0.2) is 0 Å². The van der Waals surface area contributed by atoms with Crippen LogP contribution in [0, 0.1) is 0 Å². The maximum Gasteiger partial charge on any atom is 0.528 e. The van der Waals surface area contributed by atoms with E-state index < -0.39 is 19.3 Å². The molecular weight excluding hydrogens is 892 g/mol. The van der Waals surface area contributed by atoms with Crippen LogP contribution in [0.15, 0.2) is 188 Å². The molecule has 9 aromatic carbocycles. The topological polar surface area (TPSA) is 92.7 Å². The molecule has 1 N–H and O–H groups in total. The van der Waals surface area contributed by atoms with E-state index in [1.807, 2.05) is 128 Å². The Morgan fingerprint density at radius 1 is 0.500 bits per heavy atom. The van der Waals surface area contributed by atoms with Crippen LogP contribution < -0.4 is 33.9 Å². The number of phosphoric ester groups is 1. The molecule has 0 saturated carbocycles. The maximum atomic E-state index is 15.1. The Labute approximate surface area is 406 Å². The number of fused-ring (bicyclic) bond motifs is 6. The maximum absolute atomic E-state index is 15.1. The zero-order valence-corrected chi connectivity index (χ0v) is 40.2. The van der Waals surface area contributed by atoms with E-state index in [-0.39, 0.29) is 5.75 Å². The molecule has 3 unspecified atom stereocenters. The van der Waals surface area contributed by atoms with Crippen LogP contribution in [0.2, 0.25) is 0 Å². The lowest BCUT2D eigenvalue weighted by Gasteiger charge is -2.39. The first-order chi connectivity index (χ1) is 34.0. The summed E-state index contributed by atoms with van der Waals surface area (Å²) in [5, 5.41) is 3.62. The van der Waals surface area contributed by atoms with Crippen LogP contribution in [0.5, 0.6) is 28.7 Å². The van der Waals surface area contributed by atoms with Crippen molar-refractivity contribution in [1.29, 1.82) is 0 Å². The highest BCUT2D eigenvalue weighted by atomic mass is 31.2. The van der Waals surface area contributed by atoms with Crippen LogP contribution in [0.3, 0.4) is 0 Å². The summed E-state index contributed by atoms with van der Waals surface area (Å²) in [6.45, 7) is 1.93. The summed E-state index contributed by atoms with van der Waals surface area (Å²) in [5.41, 5.74) is 9.96. The smallest absolute Gasteiger partial charge is 0.497 e. The summed E-state index contributed by atoms with van der Waals surface area (Å²) in [6.07, 6.45) is 2.17. The van der Waals surface area contributed by atoms with Gasteiger partial charge in [-0.2, -0.15) is 0 Å². The molecule has 0 spiro atoms. The molecule has 2 aliphatic rings. The fraction of sp³-hybridized carbons (Fsp3) is 0.115. The minimum absolute atomic E-state index is 0.261. The zero-order chi connectivity index (χ0) is 48.1. The van der Waals surface area contributed by atoms with Gasteiger partial charge in [0.05, 0.1) is 28.4 Å². The largest absolute Gasteiger partial charge is 0.528 e. The molecule has 8 nitrogen and oxygen atoms in total. The van der Waals surface area contributed by atoms with Crippen molar-refractivity contribution in [3.05, 3.63) is 210 Å². The van der Waals surface area contributed by atoms with Gasteiger partial charge in [-0.25, -0.2) is 4.57 Å². The van der Waals surface area contributed by atoms with E-state index in [2.05, 4.69) is 72.8 Å². The first kappa shape index (κ1) is 44.6. The van der Waals surface area contributed by atoms with Gasteiger partial charge >= 0.3 is 7.82 Å². The number of ether oxygens (including phenoxy) is 4. The quantitative estimate of drug-likeness (QED) is 0.136. The Kier molecular flexibility index (Phi) is 11.4. The van der Waals surface area contributed by atoms with E-state index in [1.165, 1.54) is 0 Å². The minimum Gasteiger partial charge on any atom is -0.497 e. The Bertz CT molecular complexity index is 3510. The van der Waals surface area contributed by atoms with Crippen LogP contribution in [-0.4, -0.2) is 38.9 Å². The van der Waals surface area contributed by atoms with Crippen molar-refractivity contribution < 1.29 is 37.5 Å². The Morgan fingerprint density at radius 3 is 1.41 bits per heavy atom. The minimum atomic E-state index is -4.92. The van der Waals surface area contributed by atoms with Gasteiger partial charge < -0.3 is 23.5 Å². The molecule has 346 valence electrons. The second kappa shape index (κ2) is 17.9. The Morgan fingerprint density at radius 2 is 0.929 bits per heavy atom. The van der Waals surface area contributed by atoms with Crippen LogP contribution in [0.1, 0.15) is 24.0 Å². The van der Waals surface area contributed by atoms with Crippen molar-refractivity contribution in [3.63, 3.8) is 0 Å². The molecule has 3 atom stereocenters. The first-order valence-corrected chi connectivity index (χ1v) is 24.5. The molecule has 9 aromatic rings. The van der Waals surface area contributed by atoms with E-state index in [4.69, 9.17) is 28.0 Å². The predicted octanol–water partition coefficient (Wildman–Crippen LogP) is 13.3. The van der Waals surface area contributed by atoms with Crippen LogP contribution >= 0.6 is 7.82 Å². The summed E-state index contributed by atoms with van der Waals surface area (Å²) in [6, 6.07) is 63.1. The lowest BCUT2D eigenvalue weighted by molar-refractivity contribution is 0.0955. The van der Waals surface area contributed by atoms with Crippen molar-refractivity contribution in [3.8, 4) is 84.4 Å². The van der Waals surface area contributed by atoms with Gasteiger partial charge in [0.2, 0.25) is 0 Å². The summed E-state index contributed by atoms with van der Waals surface area (Å²) >= 11 is 0. The van der Waals surface area contributed by atoms with Gasteiger partial charge in [-0.1, -0.05) is 115 Å². The molecule has 0 aromatic heterocycles. The fourth-order valence-corrected chi connectivity index (χ4v) is 11.3. The summed E-state index contributed by atoms with van der Waals surface area (Å²) < 4.78 is 50.6. The lowest BCUT2D eigenvalue weighted by atomic mass is 9.70. The van der Waals surface area contributed by atoms with Crippen molar-refractivity contribution in [2.45, 2.75) is 18.4 Å². The molecule has 1 aliphatic heterocycles. The van der Waals surface area contributed by atoms with Crippen LogP contribution in [-0.2, 0) is 9.09 Å². The van der Waals surface area contributed by atoms with Crippen molar-refractivity contribution in [1.82, 2.24) is 0 Å². The number of phosphoric acid groups is 1. The molecule has 11 rings (SSSR count). The van der Waals surface area contributed by atoms with Gasteiger partial charge in [-0.05, 0) is 163 Å². The fourth-order valence-electron chi connectivity index (χ4n) is 10.2. The molecule has 1 aliphatic carbocycles. The summed E-state index contributed by atoms with van der Waals surface area (Å²) in [5.74, 6) is 2.66. The molecule has 1 heterocycles. The normalized spacial score (nSPS) is 18.0. The molecule has 0 radical (unpaired) electrons. The van der Waals surface area contributed by atoms with Gasteiger partial charge in [-0.3, -0.25) is 9.42 Å². The zero-order valence-electron chi connectivity index (χ0n) is 39.3. The second-order valence-electron chi connectivity index (χ2n) is 17.8. The number of benzene rings is 9. The molecule has 0 bridgehead atoms. The van der Waals surface area contributed by atoms with Gasteiger partial charge in [0.25, 0.3) is 0 Å². The Hall–Kier alpha value is -7.87. The number of hydrogen-bond acceptors (Lipinski definition) is 7. The lowest BCUT2D eigenvalue weighted by Crippen LogP contribution is -2.47. The van der Waals surface area contributed by atoms with E-state index >= 15 is 4.57 Å².